The molecule has 0 atom stereocenters. The highest BCUT2D eigenvalue weighted by molar-refractivity contribution is 7.09. The third-order valence-electron chi connectivity index (χ3n) is 3.12. The zero-order chi connectivity index (χ0) is 15.9. The van der Waals surface area contributed by atoms with Gasteiger partial charge in [0, 0.05) is 30.2 Å². The summed E-state index contributed by atoms with van der Waals surface area (Å²) in [5.41, 5.74) is 0.970. The number of amides is 2. The monoisotopic (exact) mass is 339 g/mol. The molecule has 0 spiro atoms. The van der Waals surface area contributed by atoms with Crippen LogP contribution in [0.2, 0.25) is 5.02 Å². The number of hydrogen-bond donors (Lipinski definition) is 1. The normalized spacial score (nSPS) is 10.3. The molecule has 0 bridgehead atoms. The Kier molecular flexibility index (Phi) is 6.03. The van der Waals surface area contributed by atoms with Gasteiger partial charge in [0.15, 0.2) is 0 Å². The maximum Gasteiger partial charge on any atom is 0.317 e. The molecule has 1 heterocycles. The van der Waals surface area contributed by atoms with Crippen LogP contribution in [0.25, 0.3) is 0 Å². The molecule has 2 aromatic rings. The smallest absolute Gasteiger partial charge is 0.317 e. The maximum absolute atomic E-state index is 12.0. The van der Waals surface area contributed by atoms with E-state index in [0.717, 1.165) is 16.3 Å². The lowest BCUT2D eigenvalue weighted by Gasteiger charge is -2.17. The average molecular weight is 340 g/mol. The summed E-state index contributed by atoms with van der Waals surface area (Å²) in [6, 6.07) is 5.33. The number of carbonyl (C=O) groups is 1. The summed E-state index contributed by atoms with van der Waals surface area (Å²) in [4.78, 5) is 17.8. The van der Waals surface area contributed by atoms with Crippen molar-refractivity contribution in [2.24, 2.45) is 0 Å². The highest BCUT2D eigenvalue weighted by Crippen LogP contribution is 2.22. The Morgan fingerprint density at radius 3 is 3.00 bits per heavy atom. The van der Waals surface area contributed by atoms with Crippen LogP contribution in [0.4, 0.5) is 4.79 Å². The van der Waals surface area contributed by atoms with E-state index in [1.165, 1.54) is 11.3 Å². The van der Waals surface area contributed by atoms with Gasteiger partial charge >= 0.3 is 6.03 Å². The molecule has 0 fully saturated rings. The van der Waals surface area contributed by atoms with Crippen molar-refractivity contribution in [2.75, 3.05) is 20.7 Å². The first-order chi connectivity index (χ1) is 10.6. The maximum atomic E-state index is 12.0. The van der Waals surface area contributed by atoms with E-state index in [4.69, 9.17) is 16.3 Å². The molecule has 0 unspecified atom stereocenters. The number of nitrogens with zero attached hydrogens (tertiary/aromatic N) is 2. The summed E-state index contributed by atoms with van der Waals surface area (Å²) >= 11 is 7.52. The van der Waals surface area contributed by atoms with Crippen LogP contribution in [0.1, 0.15) is 10.6 Å². The molecule has 7 heteroatoms. The molecule has 1 N–H and O–H groups in total. The second-order valence-electron chi connectivity index (χ2n) is 4.72. The van der Waals surface area contributed by atoms with Crippen molar-refractivity contribution in [2.45, 2.75) is 13.0 Å². The first-order valence-electron chi connectivity index (χ1n) is 6.80. The minimum atomic E-state index is -0.129. The van der Waals surface area contributed by atoms with Crippen molar-refractivity contribution < 1.29 is 9.53 Å². The van der Waals surface area contributed by atoms with Crippen LogP contribution in [-0.4, -0.2) is 36.6 Å². The number of halogens is 1. The molecule has 0 aliphatic heterocycles. The quantitative estimate of drug-likeness (QED) is 0.879. The van der Waals surface area contributed by atoms with Crippen LogP contribution in [0.5, 0.6) is 5.75 Å². The predicted octanol–water partition coefficient (Wildman–Crippen LogP) is 3.19. The second kappa shape index (κ2) is 8.00. The highest BCUT2D eigenvalue weighted by atomic mass is 35.5. The van der Waals surface area contributed by atoms with Gasteiger partial charge in [-0.3, -0.25) is 0 Å². The van der Waals surface area contributed by atoms with Crippen molar-refractivity contribution in [1.29, 1.82) is 0 Å². The molecule has 1 aromatic heterocycles. The van der Waals surface area contributed by atoms with Gasteiger partial charge in [0.1, 0.15) is 10.8 Å². The molecular formula is C15H18ClN3O2S. The van der Waals surface area contributed by atoms with Crippen molar-refractivity contribution in [1.82, 2.24) is 15.2 Å². The van der Waals surface area contributed by atoms with E-state index in [1.807, 2.05) is 17.5 Å². The average Bonchev–Trinajstić information content (AvgIpc) is 3.00. The van der Waals surface area contributed by atoms with E-state index in [1.54, 1.807) is 31.3 Å². The molecule has 2 rings (SSSR count). The Balaban J connectivity index is 1.83. The molecule has 0 aliphatic rings. The number of aromatic nitrogens is 1. The molecule has 0 saturated heterocycles. The van der Waals surface area contributed by atoms with Crippen molar-refractivity contribution in [3.63, 3.8) is 0 Å². The fraction of sp³-hybridized carbons (Fsp3) is 0.333. The van der Waals surface area contributed by atoms with Crippen LogP contribution in [0.15, 0.2) is 29.8 Å². The lowest BCUT2D eigenvalue weighted by molar-refractivity contribution is 0.207. The van der Waals surface area contributed by atoms with E-state index in [0.29, 0.717) is 24.5 Å². The second-order valence-corrected chi connectivity index (χ2v) is 6.14. The highest BCUT2D eigenvalue weighted by Gasteiger charge is 2.10. The van der Waals surface area contributed by atoms with Crippen LogP contribution in [0, 0.1) is 0 Å². The summed E-state index contributed by atoms with van der Waals surface area (Å²) in [5.74, 6) is 0.773. The summed E-state index contributed by atoms with van der Waals surface area (Å²) < 4.78 is 5.29. The SMILES string of the molecule is COc1ccc(Cl)cc1CCNC(=O)N(C)Cc1nccs1. The minimum Gasteiger partial charge on any atom is -0.496 e. The molecule has 0 saturated carbocycles. The van der Waals surface area contributed by atoms with Crippen LogP contribution >= 0.6 is 22.9 Å². The number of urea groups is 1. The van der Waals surface area contributed by atoms with Gasteiger partial charge in [0.25, 0.3) is 0 Å². The molecule has 22 heavy (non-hydrogen) atoms. The molecule has 118 valence electrons. The number of thiazole rings is 1. The number of carbonyl (C=O) groups excluding carboxylic acids is 1. The standard InChI is InChI=1S/C15H18ClN3O2S/c1-19(10-14-17-7-8-22-14)15(20)18-6-5-11-9-12(16)3-4-13(11)21-2/h3-4,7-9H,5-6,10H2,1-2H3,(H,18,20). The van der Waals surface area contributed by atoms with Crippen LogP contribution < -0.4 is 10.1 Å². The van der Waals surface area contributed by atoms with Crippen LogP contribution in [-0.2, 0) is 13.0 Å². The molecule has 0 aliphatic carbocycles. The summed E-state index contributed by atoms with van der Waals surface area (Å²) in [5, 5.41) is 6.34. The number of ether oxygens (including phenoxy) is 1. The number of methoxy groups -OCH3 is 1. The fourth-order valence-electron chi connectivity index (χ4n) is 1.99. The van der Waals surface area contributed by atoms with Gasteiger partial charge in [-0.1, -0.05) is 11.6 Å². The Hall–Kier alpha value is -1.79. The largest absolute Gasteiger partial charge is 0.496 e. The zero-order valence-corrected chi connectivity index (χ0v) is 14.1. The van der Waals surface area contributed by atoms with E-state index in [-0.39, 0.29) is 6.03 Å². The Morgan fingerprint density at radius 1 is 1.50 bits per heavy atom. The van der Waals surface area contributed by atoms with Gasteiger partial charge in [-0.05, 0) is 30.2 Å². The Labute approximate surface area is 138 Å². The predicted molar refractivity (Wildman–Crippen MR) is 88.7 cm³/mol. The van der Waals surface area contributed by atoms with Gasteiger partial charge in [-0.25, -0.2) is 9.78 Å². The summed E-state index contributed by atoms with van der Waals surface area (Å²) in [7, 11) is 3.36. The van der Waals surface area contributed by atoms with Crippen molar-refractivity contribution in [3.8, 4) is 5.75 Å². The molecule has 1 aromatic carbocycles. The van der Waals surface area contributed by atoms with Gasteiger partial charge in [-0.2, -0.15) is 0 Å². The van der Waals surface area contributed by atoms with Gasteiger partial charge in [-0.15, -0.1) is 11.3 Å². The number of nitrogens with one attached hydrogen (secondary N) is 1. The van der Waals surface area contributed by atoms with Crippen LogP contribution in [0.3, 0.4) is 0 Å². The first kappa shape index (κ1) is 16.6. The zero-order valence-electron chi connectivity index (χ0n) is 12.5. The number of rotatable bonds is 6. The van der Waals surface area contributed by atoms with Crippen molar-refractivity contribution in [3.05, 3.63) is 45.4 Å². The van der Waals surface area contributed by atoms with Crippen molar-refractivity contribution >= 4 is 29.0 Å². The van der Waals surface area contributed by atoms with E-state index < -0.39 is 0 Å². The summed E-state index contributed by atoms with van der Waals surface area (Å²) in [6.45, 7) is 1.02. The number of benzene rings is 1. The lowest BCUT2D eigenvalue weighted by Crippen LogP contribution is -2.37. The van der Waals surface area contributed by atoms with Gasteiger partial charge in [0.2, 0.25) is 0 Å². The Bertz CT molecular complexity index is 619. The minimum absolute atomic E-state index is 0.129. The van der Waals surface area contributed by atoms with Gasteiger partial charge in [0.05, 0.1) is 13.7 Å². The van der Waals surface area contributed by atoms with Gasteiger partial charge < -0.3 is 15.0 Å². The lowest BCUT2D eigenvalue weighted by atomic mass is 10.1. The van der Waals surface area contributed by atoms with E-state index in [2.05, 4.69) is 10.3 Å². The molecule has 2 amide bonds. The number of hydrogen-bond acceptors (Lipinski definition) is 4. The third-order valence-corrected chi connectivity index (χ3v) is 4.12. The first-order valence-corrected chi connectivity index (χ1v) is 8.05. The summed E-state index contributed by atoms with van der Waals surface area (Å²) in [6.07, 6.45) is 2.39. The molecule has 0 radical (unpaired) electrons. The fourth-order valence-corrected chi connectivity index (χ4v) is 2.85. The molecule has 5 nitrogen and oxygen atoms in total. The van der Waals surface area contributed by atoms with E-state index in [9.17, 15) is 4.79 Å². The topological polar surface area (TPSA) is 54.5 Å². The Morgan fingerprint density at radius 2 is 2.32 bits per heavy atom. The third kappa shape index (κ3) is 4.61. The molecular weight excluding hydrogens is 322 g/mol. The van der Waals surface area contributed by atoms with E-state index >= 15 is 0 Å².